The zero-order valence-electron chi connectivity index (χ0n) is 39.6. The van der Waals surface area contributed by atoms with Gasteiger partial charge in [0.25, 0.3) is 0 Å². The predicted molar refractivity (Wildman–Crippen MR) is 229 cm³/mol. The van der Waals surface area contributed by atoms with Gasteiger partial charge in [0.15, 0.2) is 12.6 Å². The third-order valence-corrected chi connectivity index (χ3v) is 19.8. The van der Waals surface area contributed by atoms with Gasteiger partial charge in [0.1, 0.15) is 61.0 Å². The summed E-state index contributed by atoms with van der Waals surface area (Å²) >= 11 is 0. The maximum absolute atomic E-state index is 14.8. The van der Waals surface area contributed by atoms with Crippen molar-refractivity contribution in [1.29, 1.82) is 0 Å². The molecular weight excluding hydrogens is 849 g/mol. The summed E-state index contributed by atoms with van der Waals surface area (Å²) in [6, 6.07) is 0. The standard InChI is InChI=1S/C48H78O17/c1-22-29(51)32(54)34(56)38(61-22)64-36-30(52)24(50)21-60-40(36)63-28-13-14-44(6)26(43(28,4)5)12-15-46(8)27(44)11-10-23-37-47(9,59)42(2,3)16-18-48(37,19-17-45(23,46)7)41(58)65-39-35(57)33(55)31(53)25(20-49)62-39/h10,22,24-40,49-57,59H,11-21H2,1-9H3/t22-,24-,25+,26-,27+,28-,29-,30-,31+,32+,33-,34+,35+,36+,37+,38-,39-,40-,44-,45+,46+,47-,48-/m0/s1. The number of aliphatic hydroxyl groups excluding tert-OH is 9. The first-order valence-electron chi connectivity index (χ1n) is 24.1. The van der Waals surface area contributed by atoms with Crippen molar-refractivity contribution in [1.82, 2.24) is 0 Å². The molecular formula is C48H78O17. The van der Waals surface area contributed by atoms with Crippen LogP contribution in [0.25, 0.3) is 0 Å². The number of ether oxygens (including phenoxy) is 6. The molecule has 0 radical (unpaired) electrons. The fraction of sp³-hybridized carbons (Fsp3) is 0.938. The summed E-state index contributed by atoms with van der Waals surface area (Å²) in [6.45, 7) is 18.1. The Balaban J connectivity index is 1.06. The largest absolute Gasteiger partial charge is 0.432 e. The molecule has 65 heavy (non-hydrogen) atoms. The van der Waals surface area contributed by atoms with Crippen molar-refractivity contribution in [3.8, 4) is 0 Å². The van der Waals surface area contributed by atoms with Crippen molar-refractivity contribution in [2.45, 2.75) is 218 Å². The van der Waals surface area contributed by atoms with E-state index in [1.165, 1.54) is 6.92 Å². The van der Waals surface area contributed by atoms with E-state index in [4.69, 9.17) is 28.4 Å². The molecule has 0 aromatic rings. The second-order valence-corrected chi connectivity index (χ2v) is 23.5. The van der Waals surface area contributed by atoms with E-state index in [0.717, 1.165) is 31.3 Å². The summed E-state index contributed by atoms with van der Waals surface area (Å²) in [7, 11) is 0. The highest BCUT2D eigenvalue weighted by Gasteiger charge is 2.73. The zero-order chi connectivity index (χ0) is 47.8. The Hall–Kier alpha value is -1.39. The monoisotopic (exact) mass is 927 g/mol. The second kappa shape index (κ2) is 16.9. The normalized spacial score (nSPS) is 55.1. The summed E-state index contributed by atoms with van der Waals surface area (Å²) in [6.07, 6.45) is -12.2. The molecule has 8 rings (SSSR count). The number of rotatable bonds is 7. The Morgan fingerprint density at radius 3 is 2.03 bits per heavy atom. The van der Waals surface area contributed by atoms with Crippen LogP contribution in [0.3, 0.4) is 0 Å². The quantitative estimate of drug-likeness (QED) is 0.0975. The Morgan fingerprint density at radius 2 is 1.35 bits per heavy atom. The molecule has 0 aromatic heterocycles. The first-order valence-corrected chi connectivity index (χ1v) is 24.1. The molecule has 0 spiro atoms. The molecule has 372 valence electrons. The summed E-state index contributed by atoms with van der Waals surface area (Å²) < 4.78 is 36.2. The molecule has 3 heterocycles. The molecule has 23 atom stereocenters. The van der Waals surface area contributed by atoms with Gasteiger partial charge in [-0.3, -0.25) is 4.79 Å². The number of hydrogen-bond donors (Lipinski definition) is 10. The topological polar surface area (TPSA) is 275 Å². The molecule has 3 saturated heterocycles. The predicted octanol–water partition coefficient (Wildman–Crippen LogP) is 1.17. The van der Waals surface area contributed by atoms with Crippen LogP contribution >= 0.6 is 0 Å². The van der Waals surface area contributed by atoms with Gasteiger partial charge in [-0.1, -0.05) is 60.1 Å². The van der Waals surface area contributed by atoms with Crippen LogP contribution in [-0.4, -0.2) is 168 Å². The highest BCUT2D eigenvalue weighted by Crippen LogP contribution is 2.77. The van der Waals surface area contributed by atoms with Crippen LogP contribution in [0.1, 0.15) is 120 Å². The van der Waals surface area contributed by atoms with Crippen LogP contribution in [-0.2, 0) is 33.2 Å². The SMILES string of the molecule is C[C@@H]1O[C@@H](O[C@H]2[C@H](O[C@H]3CC[C@]4(C)[C@H]5CC=C6[C@H]7[C@](C(=O)O[C@@H]8O[C@H](CO)[C@@H](O)[C@H](O)[C@H]8O)(CCC(C)(C)[C@@]7(C)O)CC[C@@]6(C)[C@]5(C)CC[C@H]4C3(C)C)OC[C@H](O)[C@@H]2O)[C@H](O)[C@H](O)[C@H]1O. The second-order valence-electron chi connectivity index (χ2n) is 23.5. The molecule has 5 aliphatic carbocycles. The van der Waals surface area contributed by atoms with Gasteiger partial charge < -0.3 is 79.5 Å². The maximum Gasteiger partial charge on any atom is 0.315 e. The summed E-state index contributed by atoms with van der Waals surface area (Å²) in [5, 5.41) is 108. The minimum Gasteiger partial charge on any atom is -0.432 e. The molecule has 0 unspecified atom stereocenters. The van der Waals surface area contributed by atoms with Crippen molar-refractivity contribution in [3.63, 3.8) is 0 Å². The van der Waals surface area contributed by atoms with E-state index in [1.807, 2.05) is 20.8 Å². The molecule has 17 heteroatoms. The molecule has 0 aromatic carbocycles. The van der Waals surface area contributed by atoms with Crippen LogP contribution in [0, 0.1) is 50.2 Å². The zero-order valence-corrected chi connectivity index (χ0v) is 39.6. The number of aliphatic hydroxyl groups is 10. The fourth-order valence-electron chi connectivity index (χ4n) is 15.0. The van der Waals surface area contributed by atoms with E-state index >= 15 is 0 Å². The van der Waals surface area contributed by atoms with Gasteiger partial charge >= 0.3 is 5.97 Å². The molecule has 10 N–H and O–H groups in total. The van der Waals surface area contributed by atoms with Crippen molar-refractivity contribution in [3.05, 3.63) is 11.6 Å². The van der Waals surface area contributed by atoms with Crippen LogP contribution in [0.5, 0.6) is 0 Å². The van der Waals surface area contributed by atoms with Crippen molar-refractivity contribution < 1.29 is 84.3 Å². The molecule has 7 fully saturated rings. The lowest BCUT2D eigenvalue weighted by Gasteiger charge is -2.72. The summed E-state index contributed by atoms with van der Waals surface area (Å²) in [5.41, 5.74) is -3.35. The van der Waals surface area contributed by atoms with Gasteiger partial charge in [-0.2, -0.15) is 0 Å². The van der Waals surface area contributed by atoms with Crippen molar-refractivity contribution in [2.75, 3.05) is 13.2 Å². The van der Waals surface area contributed by atoms with E-state index < -0.39 is 132 Å². The summed E-state index contributed by atoms with van der Waals surface area (Å²) in [5.74, 6) is -0.892. The van der Waals surface area contributed by atoms with E-state index in [0.29, 0.717) is 32.1 Å². The third kappa shape index (κ3) is 7.37. The Morgan fingerprint density at radius 1 is 0.708 bits per heavy atom. The van der Waals surface area contributed by atoms with E-state index in [2.05, 4.69) is 40.7 Å². The number of carbonyl (C=O) groups is 1. The van der Waals surface area contributed by atoms with Gasteiger partial charge in [-0.15, -0.1) is 0 Å². The number of allylic oxidation sites excluding steroid dienone is 1. The lowest BCUT2D eigenvalue weighted by atomic mass is 9.32. The molecule has 0 bridgehead atoms. The van der Waals surface area contributed by atoms with E-state index in [1.54, 1.807) is 0 Å². The first kappa shape index (κ1) is 50.0. The highest BCUT2D eigenvalue weighted by molar-refractivity contribution is 5.79. The van der Waals surface area contributed by atoms with Crippen LogP contribution in [0.4, 0.5) is 0 Å². The summed E-state index contributed by atoms with van der Waals surface area (Å²) in [4.78, 5) is 14.8. The van der Waals surface area contributed by atoms with Gasteiger partial charge in [0.05, 0.1) is 36.4 Å². The van der Waals surface area contributed by atoms with Gasteiger partial charge in [-0.05, 0) is 111 Å². The van der Waals surface area contributed by atoms with Crippen LogP contribution in [0.2, 0.25) is 0 Å². The van der Waals surface area contributed by atoms with Gasteiger partial charge in [0, 0.05) is 5.92 Å². The third-order valence-electron chi connectivity index (χ3n) is 19.8. The van der Waals surface area contributed by atoms with E-state index in [-0.39, 0.29) is 35.4 Å². The Kier molecular flexibility index (Phi) is 13.0. The molecule has 3 aliphatic heterocycles. The smallest absolute Gasteiger partial charge is 0.315 e. The highest BCUT2D eigenvalue weighted by atomic mass is 16.8. The molecule has 8 aliphatic rings. The average Bonchev–Trinajstić information content (AvgIpc) is 3.24. The molecule has 0 amide bonds. The minimum absolute atomic E-state index is 0.168. The van der Waals surface area contributed by atoms with Gasteiger partial charge in [0.2, 0.25) is 6.29 Å². The van der Waals surface area contributed by atoms with Crippen molar-refractivity contribution in [2.24, 2.45) is 50.2 Å². The Bertz CT molecular complexity index is 1810. The molecule has 4 saturated carbocycles. The fourth-order valence-corrected chi connectivity index (χ4v) is 15.0. The minimum atomic E-state index is -1.75. The van der Waals surface area contributed by atoms with Crippen LogP contribution < -0.4 is 0 Å². The lowest BCUT2D eigenvalue weighted by Crippen LogP contribution is -2.69. The number of carbonyl (C=O) groups excluding carboxylic acids is 1. The Labute approximate surface area is 382 Å². The van der Waals surface area contributed by atoms with Gasteiger partial charge in [-0.25, -0.2) is 0 Å². The maximum atomic E-state index is 14.8. The first-order chi connectivity index (χ1) is 30.1. The van der Waals surface area contributed by atoms with Crippen LogP contribution in [0.15, 0.2) is 11.6 Å². The number of fused-ring (bicyclic) bond motifs is 7. The molecule has 17 nitrogen and oxygen atoms in total. The van der Waals surface area contributed by atoms with Crippen molar-refractivity contribution >= 4 is 5.97 Å². The number of hydrogen-bond acceptors (Lipinski definition) is 17. The average molecular weight is 927 g/mol. The lowest BCUT2D eigenvalue weighted by molar-refractivity contribution is -0.364. The van der Waals surface area contributed by atoms with E-state index in [9.17, 15) is 55.9 Å². The number of esters is 1.